The lowest BCUT2D eigenvalue weighted by Gasteiger charge is -2.29. The van der Waals surface area contributed by atoms with E-state index in [0.717, 1.165) is 29.5 Å². The van der Waals surface area contributed by atoms with Gasteiger partial charge in [-0.2, -0.15) is 0 Å². The number of ether oxygens (including phenoxy) is 1. The molecule has 0 aliphatic carbocycles. The van der Waals surface area contributed by atoms with E-state index in [-0.39, 0.29) is 22.7 Å². The van der Waals surface area contributed by atoms with Crippen LogP contribution in [0, 0.1) is 0 Å². The maximum absolute atomic E-state index is 12.7. The Morgan fingerprint density at radius 1 is 0.963 bits per heavy atom. The smallest absolute Gasteiger partial charge is 0.313 e. The molecule has 0 saturated heterocycles. The summed E-state index contributed by atoms with van der Waals surface area (Å²) in [5.74, 6) is -0.0973. The highest BCUT2D eigenvalue weighted by molar-refractivity contribution is 5.78. The first kappa shape index (κ1) is 23.5. The van der Waals surface area contributed by atoms with Crippen molar-refractivity contribution in [2.45, 2.75) is 104 Å². The van der Waals surface area contributed by atoms with Crippen molar-refractivity contribution in [3.63, 3.8) is 0 Å². The van der Waals surface area contributed by atoms with Crippen LogP contribution in [0.1, 0.15) is 110 Å². The van der Waals surface area contributed by atoms with Gasteiger partial charge in [-0.05, 0) is 40.4 Å². The summed E-state index contributed by atoms with van der Waals surface area (Å²) in [5, 5.41) is 10.9. The molecule has 27 heavy (non-hydrogen) atoms. The molecule has 0 heterocycles. The number of carbonyl (C=O) groups is 1. The predicted octanol–water partition coefficient (Wildman–Crippen LogP) is 6.60. The molecule has 0 amide bonds. The van der Waals surface area contributed by atoms with Crippen LogP contribution < -0.4 is 0 Å². The molecular weight excluding hydrogens is 336 g/mol. The molecule has 1 aromatic rings. The van der Waals surface area contributed by atoms with Crippen molar-refractivity contribution in [2.75, 3.05) is 6.61 Å². The van der Waals surface area contributed by atoms with Crippen LogP contribution in [0.2, 0.25) is 0 Å². The van der Waals surface area contributed by atoms with Crippen LogP contribution in [0.3, 0.4) is 0 Å². The summed E-state index contributed by atoms with van der Waals surface area (Å²) in [6.45, 7) is 17.2. The second-order valence-electron chi connectivity index (χ2n) is 9.65. The summed E-state index contributed by atoms with van der Waals surface area (Å²) in [4.78, 5) is 12.7. The number of benzene rings is 1. The lowest BCUT2D eigenvalue weighted by atomic mass is 9.77. The largest absolute Gasteiger partial charge is 0.507 e. The average Bonchev–Trinajstić information content (AvgIpc) is 2.54. The third kappa shape index (κ3) is 6.55. The predicted molar refractivity (Wildman–Crippen MR) is 114 cm³/mol. The van der Waals surface area contributed by atoms with Crippen molar-refractivity contribution in [3.05, 3.63) is 28.8 Å². The second kappa shape index (κ2) is 9.61. The van der Waals surface area contributed by atoms with Crippen LogP contribution in [-0.4, -0.2) is 17.7 Å². The van der Waals surface area contributed by atoms with Gasteiger partial charge in [0, 0.05) is 0 Å². The molecule has 1 N–H and O–H groups in total. The highest BCUT2D eigenvalue weighted by atomic mass is 16.5. The fraction of sp³-hybridized carbons (Fsp3) is 0.708. The van der Waals surface area contributed by atoms with Crippen molar-refractivity contribution in [3.8, 4) is 5.75 Å². The van der Waals surface area contributed by atoms with Crippen LogP contribution in [-0.2, 0) is 20.4 Å². The second-order valence-corrected chi connectivity index (χ2v) is 9.65. The first-order chi connectivity index (χ1) is 12.4. The summed E-state index contributed by atoms with van der Waals surface area (Å²) in [5.41, 5.74) is 2.31. The third-order valence-electron chi connectivity index (χ3n) is 5.09. The van der Waals surface area contributed by atoms with E-state index in [1.54, 1.807) is 0 Å². The van der Waals surface area contributed by atoms with Crippen LogP contribution in [0.25, 0.3) is 0 Å². The van der Waals surface area contributed by atoms with Crippen molar-refractivity contribution in [1.29, 1.82) is 0 Å². The van der Waals surface area contributed by atoms with Crippen molar-refractivity contribution in [1.82, 2.24) is 0 Å². The number of phenols is 1. The molecule has 0 aliphatic heterocycles. The van der Waals surface area contributed by atoms with Gasteiger partial charge in [-0.15, -0.1) is 0 Å². The molecule has 3 nitrogen and oxygen atoms in total. The molecule has 0 aromatic heterocycles. The van der Waals surface area contributed by atoms with Gasteiger partial charge in [0.1, 0.15) is 5.75 Å². The molecule has 0 saturated carbocycles. The van der Waals surface area contributed by atoms with Crippen molar-refractivity contribution < 1.29 is 14.6 Å². The van der Waals surface area contributed by atoms with Crippen LogP contribution in [0.15, 0.2) is 12.1 Å². The fourth-order valence-corrected chi connectivity index (χ4v) is 3.34. The van der Waals surface area contributed by atoms with E-state index < -0.39 is 0 Å². The van der Waals surface area contributed by atoms with Crippen LogP contribution >= 0.6 is 0 Å². The molecule has 0 bridgehead atoms. The topological polar surface area (TPSA) is 46.5 Å². The maximum atomic E-state index is 12.7. The zero-order valence-electron chi connectivity index (χ0n) is 18.7. The minimum atomic E-state index is -0.293. The van der Waals surface area contributed by atoms with E-state index in [4.69, 9.17) is 4.74 Å². The van der Waals surface area contributed by atoms with Crippen molar-refractivity contribution in [2.24, 2.45) is 0 Å². The van der Waals surface area contributed by atoms with Gasteiger partial charge in [-0.25, -0.2) is 0 Å². The minimum Gasteiger partial charge on any atom is -0.507 e. The maximum Gasteiger partial charge on any atom is 0.313 e. The van der Waals surface area contributed by atoms with E-state index >= 15 is 0 Å². The van der Waals surface area contributed by atoms with Gasteiger partial charge < -0.3 is 9.84 Å². The molecular formula is C24H40O3. The zero-order valence-corrected chi connectivity index (χ0v) is 18.7. The molecule has 1 rings (SSSR count). The Balaban J connectivity index is 3.19. The fourth-order valence-electron chi connectivity index (χ4n) is 3.34. The summed E-state index contributed by atoms with van der Waals surface area (Å²) < 4.78 is 5.58. The zero-order chi connectivity index (χ0) is 20.8. The molecule has 154 valence electrons. The van der Waals surface area contributed by atoms with E-state index in [1.807, 2.05) is 19.1 Å². The molecule has 0 radical (unpaired) electrons. The molecule has 1 aromatic carbocycles. The highest BCUT2D eigenvalue weighted by Crippen LogP contribution is 2.41. The number of hydrogen-bond donors (Lipinski definition) is 1. The number of rotatable bonds is 8. The Morgan fingerprint density at radius 3 is 1.89 bits per heavy atom. The van der Waals surface area contributed by atoms with Gasteiger partial charge in [0.25, 0.3) is 0 Å². The van der Waals surface area contributed by atoms with E-state index in [1.165, 1.54) is 12.8 Å². The van der Waals surface area contributed by atoms with Gasteiger partial charge in [0.05, 0.1) is 12.5 Å². The molecule has 3 heteroatoms. The Labute approximate surface area is 166 Å². The Hall–Kier alpha value is -1.51. The van der Waals surface area contributed by atoms with Gasteiger partial charge in [0.15, 0.2) is 0 Å². The molecule has 1 atom stereocenters. The monoisotopic (exact) mass is 376 g/mol. The average molecular weight is 377 g/mol. The standard InChI is InChI=1S/C24H40O3/c1-9-11-12-13-14-27-22(26)18(10-2)17-15-19(23(3,4)5)21(25)20(16-17)24(6,7)8/h15-16,18,25H,9-14H2,1-8H3. The lowest BCUT2D eigenvalue weighted by molar-refractivity contribution is -0.145. The number of hydrogen-bond acceptors (Lipinski definition) is 3. The van der Waals surface area contributed by atoms with Crippen molar-refractivity contribution >= 4 is 5.97 Å². The molecule has 0 fully saturated rings. The number of phenolic OH excluding ortho intramolecular Hbond substituents is 1. The van der Waals surface area contributed by atoms with Gasteiger partial charge >= 0.3 is 5.97 Å². The highest BCUT2D eigenvalue weighted by Gasteiger charge is 2.30. The third-order valence-corrected chi connectivity index (χ3v) is 5.09. The first-order valence-electron chi connectivity index (χ1n) is 10.5. The normalized spacial score (nSPS) is 13.5. The SMILES string of the molecule is CCCCCCOC(=O)C(CC)c1cc(C(C)(C)C)c(O)c(C(C)(C)C)c1. The number of unbranched alkanes of at least 4 members (excludes halogenated alkanes) is 3. The minimum absolute atomic E-state index is 0.153. The van der Waals surface area contributed by atoms with Gasteiger partial charge in [-0.3, -0.25) is 4.79 Å². The Kier molecular flexibility index (Phi) is 8.38. The van der Waals surface area contributed by atoms with Gasteiger partial charge in [-0.1, -0.05) is 86.8 Å². The quantitative estimate of drug-likeness (QED) is 0.410. The van der Waals surface area contributed by atoms with Crippen LogP contribution in [0.5, 0.6) is 5.75 Å². The summed E-state index contributed by atoms with van der Waals surface area (Å²) in [6.07, 6.45) is 5.06. The first-order valence-corrected chi connectivity index (χ1v) is 10.5. The Morgan fingerprint density at radius 2 is 1.48 bits per heavy atom. The summed E-state index contributed by atoms with van der Waals surface area (Å²) in [6, 6.07) is 3.99. The lowest BCUT2D eigenvalue weighted by Crippen LogP contribution is -2.21. The van der Waals surface area contributed by atoms with E-state index in [2.05, 4.69) is 48.5 Å². The summed E-state index contributed by atoms with van der Waals surface area (Å²) >= 11 is 0. The number of aromatic hydroxyl groups is 1. The van der Waals surface area contributed by atoms with Crippen LogP contribution in [0.4, 0.5) is 0 Å². The van der Waals surface area contributed by atoms with E-state index in [0.29, 0.717) is 18.8 Å². The number of carbonyl (C=O) groups excluding carboxylic acids is 1. The Bertz CT molecular complexity index is 582. The van der Waals surface area contributed by atoms with Gasteiger partial charge in [0.2, 0.25) is 0 Å². The number of esters is 1. The molecule has 0 aliphatic rings. The molecule has 0 spiro atoms. The molecule has 1 unspecified atom stereocenters. The summed E-state index contributed by atoms with van der Waals surface area (Å²) in [7, 11) is 0. The van der Waals surface area contributed by atoms with E-state index in [9.17, 15) is 9.90 Å².